The molecule has 104 valence electrons. The van der Waals surface area contributed by atoms with E-state index >= 15 is 0 Å². The second-order valence-electron chi connectivity index (χ2n) is 5.94. The molecule has 19 heavy (non-hydrogen) atoms. The molecule has 2 nitrogen and oxygen atoms in total. The lowest BCUT2D eigenvalue weighted by atomic mass is 10.0. The normalized spacial score (nSPS) is 27.8. The van der Waals surface area contributed by atoms with Crippen molar-refractivity contribution in [3.05, 3.63) is 22.2 Å². The first-order valence-electron chi connectivity index (χ1n) is 6.70. The van der Waals surface area contributed by atoms with Crippen LogP contribution < -0.4 is 9.47 Å². The molecule has 1 saturated carbocycles. The smallest absolute Gasteiger partial charge is 0.175 e. The largest absolute Gasteiger partial charge is 0.490 e. The first-order valence-corrected chi connectivity index (χ1v) is 8.62. The number of hydrogen-bond donors (Lipinski definition) is 0. The van der Waals surface area contributed by atoms with Crippen LogP contribution in [0.3, 0.4) is 0 Å². The quantitative estimate of drug-likeness (QED) is 0.679. The minimum atomic E-state index is 0.364. The molecule has 0 aromatic heterocycles. The van der Waals surface area contributed by atoms with E-state index < -0.39 is 0 Å². The summed E-state index contributed by atoms with van der Waals surface area (Å²) in [5, 5.41) is 1.05. The van der Waals surface area contributed by atoms with Crippen LogP contribution in [0.5, 0.6) is 11.5 Å². The van der Waals surface area contributed by atoms with Gasteiger partial charge in [-0.3, -0.25) is 0 Å². The van der Waals surface area contributed by atoms with E-state index in [0.29, 0.717) is 17.3 Å². The van der Waals surface area contributed by atoms with E-state index in [1.165, 1.54) is 5.56 Å². The molecule has 1 fully saturated rings. The number of ether oxygens (including phenoxy) is 2. The fourth-order valence-corrected chi connectivity index (χ4v) is 4.91. The molecular formula is C15H18Br2O2. The van der Waals surface area contributed by atoms with Gasteiger partial charge >= 0.3 is 0 Å². The van der Waals surface area contributed by atoms with Crippen molar-refractivity contribution in [2.75, 3.05) is 18.5 Å². The number of benzene rings is 1. The average molecular weight is 390 g/mol. The fourth-order valence-electron chi connectivity index (χ4n) is 3.12. The topological polar surface area (TPSA) is 18.5 Å². The molecule has 0 amide bonds. The van der Waals surface area contributed by atoms with E-state index in [0.717, 1.165) is 40.9 Å². The van der Waals surface area contributed by atoms with Gasteiger partial charge in [0.2, 0.25) is 0 Å². The lowest BCUT2D eigenvalue weighted by Crippen LogP contribution is -1.97. The van der Waals surface area contributed by atoms with Gasteiger partial charge in [0.05, 0.1) is 17.7 Å². The summed E-state index contributed by atoms with van der Waals surface area (Å²) < 4.78 is 12.6. The van der Waals surface area contributed by atoms with Crippen LogP contribution in [-0.2, 0) is 0 Å². The van der Waals surface area contributed by atoms with Gasteiger partial charge in [0.1, 0.15) is 0 Å². The highest BCUT2D eigenvalue weighted by molar-refractivity contribution is 9.10. The predicted molar refractivity (Wildman–Crippen MR) is 83.6 cm³/mol. The number of fused-ring (bicyclic) bond motifs is 1. The molecule has 2 atom stereocenters. The summed E-state index contributed by atoms with van der Waals surface area (Å²) in [6.45, 7) is 6.13. The third-order valence-corrected chi connectivity index (χ3v) is 5.69. The number of rotatable bonds is 2. The SMILES string of the molecule is CC1(C)C(CBr)C1c1cc(Br)c2c(c1)OCCCO2. The predicted octanol–water partition coefficient (Wildman–Crippen LogP) is 4.74. The van der Waals surface area contributed by atoms with Crippen molar-refractivity contribution < 1.29 is 9.47 Å². The van der Waals surface area contributed by atoms with Crippen molar-refractivity contribution in [2.24, 2.45) is 11.3 Å². The maximum Gasteiger partial charge on any atom is 0.175 e. The third-order valence-electron chi connectivity index (χ3n) is 4.40. The van der Waals surface area contributed by atoms with E-state index in [1.807, 2.05) is 0 Å². The van der Waals surface area contributed by atoms with Crippen molar-refractivity contribution in [3.63, 3.8) is 0 Å². The maximum atomic E-state index is 5.82. The van der Waals surface area contributed by atoms with Crippen molar-refractivity contribution >= 4 is 31.9 Å². The summed E-state index contributed by atoms with van der Waals surface area (Å²) in [5.74, 6) is 3.04. The molecule has 1 heterocycles. The molecule has 3 rings (SSSR count). The standard InChI is InChI=1S/C15H18Br2O2/c1-15(2)10(8-16)13(15)9-6-11(17)14-12(7-9)18-4-3-5-19-14/h6-7,10,13H,3-5,8H2,1-2H3. The molecule has 0 saturated heterocycles. The van der Waals surface area contributed by atoms with Gasteiger partial charge in [0, 0.05) is 11.8 Å². The van der Waals surface area contributed by atoms with Crippen LogP contribution in [0, 0.1) is 11.3 Å². The molecule has 0 spiro atoms. The third kappa shape index (κ3) is 2.31. The van der Waals surface area contributed by atoms with Gasteiger partial charge in [0.15, 0.2) is 11.5 Å². The van der Waals surface area contributed by atoms with Crippen molar-refractivity contribution in [1.82, 2.24) is 0 Å². The zero-order valence-electron chi connectivity index (χ0n) is 11.2. The Kier molecular flexibility index (Phi) is 3.59. The van der Waals surface area contributed by atoms with Gasteiger partial charge in [-0.15, -0.1) is 0 Å². The van der Waals surface area contributed by atoms with Crippen molar-refractivity contribution in [1.29, 1.82) is 0 Å². The Morgan fingerprint density at radius 2 is 2.00 bits per heavy atom. The molecule has 0 bridgehead atoms. The van der Waals surface area contributed by atoms with Crippen molar-refractivity contribution in [2.45, 2.75) is 26.2 Å². The summed E-state index contributed by atoms with van der Waals surface area (Å²) in [7, 11) is 0. The summed E-state index contributed by atoms with van der Waals surface area (Å²) >= 11 is 7.25. The Morgan fingerprint density at radius 1 is 1.26 bits per heavy atom. The summed E-state index contributed by atoms with van der Waals surface area (Å²) in [6.07, 6.45) is 0.940. The fraction of sp³-hybridized carbons (Fsp3) is 0.600. The zero-order valence-corrected chi connectivity index (χ0v) is 14.4. The minimum absolute atomic E-state index is 0.364. The number of halogens is 2. The second-order valence-corrected chi connectivity index (χ2v) is 7.44. The second kappa shape index (κ2) is 4.96. The Labute approximate surface area is 131 Å². The highest BCUT2D eigenvalue weighted by atomic mass is 79.9. The average Bonchev–Trinajstić information content (AvgIpc) is 3.00. The van der Waals surface area contributed by atoms with Gasteiger partial charge in [-0.2, -0.15) is 0 Å². The molecule has 1 aromatic carbocycles. The first kappa shape index (κ1) is 13.7. The van der Waals surface area contributed by atoms with Gasteiger partial charge < -0.3 is 9.47 Å². The Balaban J connectivity index is 1.97. The van der Waals surface area contributed by atoms with E-state index in [1.54, 1.807) is 0 Å². The highest BCUT2D eigenvalue weighted by Crippen LogP contribution is 2.65. The Bertz CT molecular complexity index is 499. The summed E-state index contributed by atoms with van der Waals surface area (Å²) in [6, 6.07) is 4.36. The van der Waals surface area contributed by atoms with E-state index in [4.69, 9.17) is 9.47 Å². The van der Waals surface area contributed by atoms with Crippen LogP contribution in [0.1, 0.15) is 31.7 Å². The van der Waals surface area contributed by atoms with Crippen LogP contribution in [0.4, 0.5) is 0 Å². The van der Waals surface area contributed by atoms with E-state index in [-0.39, 0.29) is 0 Å². The van der Waals surface area contributed by atoms with Crippen LogP contribution in [0.25, 0.3) is 0 Å². The minimum Gasteiger partial charge on any atom is -0.490 e. The summed E-state index contributed by atoms with van der Waals surface area (Å²) in [5.41, 5.74) is 1.72. The number of alkyl halides is 1. The van der Waals surface area contributed by atoms with Gasteiger partial charge in [-0.25, -0.2) is 0 Å². The lowest BCUT2D eigenvalue weighted by molar-refractivity contribution is 0.296. The molecule has 2 aliphatic rings. The molecule has 0 radical (unpaired) electrons. The van der Waals surface area contributed by atoms with Crippen LogP contribution in [-0.4, -0.2) is 18.5 Å². The Hall–Kier alpha value is -0.220. The van der Waals surface area contributed by atoms with Crippen LogP contribution >= 0.6 is 31.9 Å². The highest BCUT2D eigenvalue weighted by Gasteiger charge is 2.57. The van der Waals surface area contributed by atoms with Gasteiger partial charge in [-0.05, 0) is 50.9 Å². The zero-order chi connectivity index (χ0) is 13.6. The molecule has 0 N–H and O–H groups in total. The van der Waals surface area contributed by atoms with E-state index in [2.05, 4.69) is 57.8 Å². The van der Waals surface area contributed by atoms with E-state index in [9.17, 15) is 0 Å². The lowest BCUT2D eigenvalue weighted by Gasteiger charge is -2.12. The molecule has 1 aromatic rings. The summed E-state index contributed by atoms with van der Waals surface area (Å²) in [4.78, 5) is 0. The van der Waals surface area contributed by atoms with Crippen LogP contribution in [0.15, 0.2) is 16.6 Å². The molecule has 4 heteroatoms. The molecule has 1 aliphatic carbocycles. The first-order chi connectivity index (χ1) is 9.05. The van der Waals surface area contributed by atoms with Crippen LogP contribution in [0.2, 0.25) is 0 Å². The monoisotopic (exact) mass is 388 g/mol. The maximum absolute atomic E-state index is 5.82. The molecule has 1 aliphatic heterocycles. The van der Waals surface area contributed by atoms with Crippen molar-refractivity contribution in [3.8, 4) is 11.5 Å². The Morgan fingerprint density at radius 3 is 2.68 bits per heavy atom. The van der Waals surface area contributed by atoms with Gasteiger partial charge in [-0.1, -0.05) is 29.8 Å². The van der Waals surface area contributed by atoms with Gasteiger partial charge in [0.25, 0.3) is 0 Å². The molecular weight excluding hydrogens is 372 g/mol. The molecule has 2 unspecified atom stereocenters. The number of hydrogen-bond acceptors (Lipinski definition) is 2.